The van der Waals surface area contributed by atoms with Crippen LogP contribution in [0, 0.1) is 5.82 Å². The van der Waals surface area contributed by atoms with Gasteiger partial charge in [0.1, 0.15) is 5.82 Å². The fraction of sp³-hybridized carbons (Fsp3) is 0.350. The van der Waals surface area contributed by atoms with E-state index in [1.165, 1.54) is 18.2 Å². The van der Waals surface area contributed by atoms with Crippen LogP contribution in [0.25, 0.3) is 0 Å². The molecule has 0 aliphatic carbocycles. The monoisotopic (exact) mass is 422 g/mol. The van der Waals surface area contributed by atoms with Crippen molar-refractivity contribution in [2.24, 2.45) is 5.14 Å². The average molecular weight is 423 g/mol. The molecule has 0 spiro atoms. The van der Waals surface area contributed by atoms with Crippen LogP contribution in [0.4, 0.5) is 15.8 Å². The van der Waals surface area contributed by atoms with E-state index >= 15 is 0 Å². The summed E-state index contributed by atoms with van der Waals surface area (Å²) in [5, 5.41) is 8.00. The summed E-state index contributed by atoms with van der Waals surface area (Å²) in [7, 11) is -2.20. The molecular weight excluding hydrogens is 395 g/mol. The summed E-state index contributed by atoms with van der Waals surface area (Å²) < 4.78 is 37.2. The molecule has 9 heteroatoms. The first-order valence-corrected chi connectivity index (χ1v) is 10.8. The molecule has 0 aliphatic rings. The van der Waals surface area contributed by atoms with E-state index in [-0.39, 0.29) is 29.7 Å². The van der Waals surface area contributed by atoms with Crippen molar-refractivity contribution < 1.29 is 17.6 Å². The largest absolute Gasteiger partial charge is 0.370 e. The maximum absolute atomic E-state index is 13.8. The number of nitrogens with one attached hydrogen (secondary N) is 1. The molecule has 0 heterocycles. The average Bonchev–Trinajstić information content (AvgIpc) is 2.64. The molecule has 2 aromatic rings. The SMILES string of the molecule is CCN(CC)c1ccc(S(N)(=O)=O)cc1NC(=O)CN(C)Cc1ccccc1F. The van der Waals surface area contributed by atoms with Crippen LogP contribution in [-0.4, -0.2) is 45.9 Å². The first kappa shape index (κ1) is 22.8. The number of nitrogens with zero attached hydrogens (tertiary/aromatic N) is 2. The van der Waals surface area contributed by atoms with Gasteiger partial charge in [0.2, 0.25) is 15.9 Å². The summed E-state index contributed by atoms with van der Waals surface area (Å²) in [6.07, 6.45) is 0. The summed E-state index contributed by atoms with van der Waals surface area (Å²) in [4.78, 5) is 16.2. The van der Waals surface area contributed by atoms with Crippen molar-refractivity contribution in [3.63, 3.8) is 0 Å². The molecule has 29 heavy (non-hydrogen) atoms. The highest BCUT2D eigenvalue weighted by molar-refractivity contribution is 7.89. The second-order valence-electron chi connectivity index (χ2n) is 6.71. The van der Waals surface area contributed by atoms with Crippen molar-refractivity contribution in [1.82, 2.24) is 4.90 Å². The van der Waals surface area contributed by atoms with E-state index in [9.17, 15) is 17.6 Å². The van der Waals surface area contributed by atoms with Crippen molar-refractivity contribution in [3.05, 3.63) is 53.8 Å². The highest BCUT2D eigenvalue weighted by Gasteiger charge is 2.17. The Kier molecular flexibility index (Phi) is 7.72. The van der Waals surface area contributed by atoms with Gasteiger partial charge in [-0.25, -0.2) is 17.9 Å². The number of amides is 1. The third kappa shape index (κ3) is 6.25. The van der Waals surface area contributed by atoms with E-state index in [1.807, 2.05) is 18.7 Å². The van der Waals surface area contributed by atoms with Gasteiger partial charge in [-0.3, -0.25) is 9.69 Å². The number of primary sulfonamides is 1. The van der Waals surface area contributed by atoms with Gasteiger partial charge < -0.3 is 10.2 Å². The number of likely N-dealkylation sites (N-methyl/N-ethyl adjacent to an activating group) is 1. The minimum Gasteiger partial charge on any atom is -0.370 e. The minimum atomic E-state index is -3.91. The summed E-state index contributed by atoms with van der Waals surface area (Å²) >= 11 is 0. The highest BCUT2D eigenvalue weighted by atomic mass is 32.2. The Labute approximate surface area is 171 Å². The topological polar surface area (TPSA) is 95.7 Å². The standard InChI is InChI=1S/C20H27FN4O3S/c1-4-25(5-2)19-11-10-16(29(22,27)28)12-18(19)23-20(26)14-24(3)13-15-8-6-7-9-17(15)21/h6-12H,4-5,13-14H2,1-3H3,(H,23,26)(H2,22,27,28). The lowest BCUT2D eigenvalue weighted by Crippen LogP contribution is -2.31. The summed E-state index contributed by atoms with van der Waals surface area (Å²) in [5.41, 5.74) is 1.56. The van der Waals surface area contributed by atoms with Gasteiger partial charge in [-0.2, -0.15) is 0 Å². The molecule has 0 fully saturated rings. The van der Waals surface area contributed by atoms with E-state index in [0.717, 1.165) is 0 Å². The quantitative estimate of drug-likeness (QED) is 0.647. The molecule has 2 aromatic carbocycles. The van der Waals surface area contributed by atoms with E-state index in [1.54, 1.807) is 36.2 Å². The van der Waals surface area contributed by atoms with Crippen LogP contribution in [0.3, 0.4) is 0 Å². The van der Waals surface area contributed by atoms with Crippen molar-refractivity contribution >= 4 is 27.3 Å². The van der Waals surface area contributed by atoms with Gasteiger partial charge >= 0.3 is 0 Å². The number of rotatable bonds is 9. The number of halogens is 1. The lowest BCUT2D eigenvalue weighted by atomic mass is 10.2. The van der Waals surface area contributed by atoms with E-state index in [0.29, 0.717) is 30.0 Å². The Balaban J connectivity index is 2.19. The van der Waals surface area contributed by atoms with Crippen molar-refractivity contribution in [1.29, 1.82) is 0 Å². The fourth-order valence-electron chi connectivity index (χ4n) is 3.04. The van der Waals surface area contributed by atoms with E-state index in [2.05, 4.69) is 5.32 Å². The van der Waals surface area contributed by atoms with Crippen LogP contribution >= 0.6 is 0 Å². The van der Waals surface area contributed by atoms with Crippen LogP contribution in [0.2, 0.25) is 0 Å². The lowest BCUT2D eigenvalue weighted by molar-refractivity contribution is -0.117. The van der Waals surface area contributed by atoms with E-state index in [4.69, 9.17) is 5.14 Å². The van der Waals surface area contributed by atoms with Gasteiger partial charge in [-0.1, -0.05) is 18.2 Å². The van der Waals surface area contributed by atoms with Crippen LogP contribution in [0.5, 0.6) is 0 Å². The molecule has 1 amide bonds. The summed E-state index contributed by atoms with van der Waals surface area (Å²) in [5.74, 6) is -0.673. The first-order chi connectivity index (χ1) is 13.7. The van der Waals surface area contributed by atoms with Gasteiger partial charge in [-0.05, 0) is 45.2 Å². The zero-order valence-electron chi connectivity index (χ0n) is 16.9. The third-order valence-corrected chi connectivity index (χ3v) is 5.40. The highest BCUT2D eigenvalue weighted by Crippen LogP contribution is 2.28. The second-order valence-corrected chi connectivity index (χ2v) is 8.27. The third-order valence-electron chi connectivity index (χ3n) is 4.49. The Morgan fingerprint density at radius 3 is 2.38 bits per heavy atom. The molecule has 7 nitrogen and oxygen atoms in total. The number of anilines is 2. The summed E-state index contributed by atoms with van der Waals surface area (Å²) in [6.45, 7) is 5.56. The smallest absolute Gasteiger partial charge is 0.238 e. The Morgan fingerprint density at radius 2 is 1.79 bits per heavy atom. The molecule has 158 valence electrons. The molecule has 0 saturated carbocycles. The molecule has 0 aliphatic heterocycles. The number of sulfonamides is 1. The van der Waals surface area contributed by atoms with Gasteiger partial charge in [0, 0.05) is 25.2 Å². The van der Waals surface area contributed by atoms with Gasteiger partial charge in [-0.15, -0.1) is 0 Å². The normalized spacial score (nSPS) is 11.5. The predicted octanol–water partition coefficient (Wildman–Crippen LogP) is 2.39. The fourth-order valence-corrected chi connectivity index (χ4v) is 3.58. The summed E-state index contributed by atoms with van der Waals surface area (Å²) in [6, 6.07) is 10.8. The van der Waals surface area contributed by atoms with Crippen molar-refractivity contribution in [2.45, 2.75) is 25.3 Å². The number of carbonyl (C=O) groups excluding carboxylic acids is 1. The zero-order chi connectivity index (χ0) is 21.6. The Morgan fingerprint density at radius 1 is 1.14 bits per heavy atom. The molecule has 0 saturated heterocycles. The van der Waals surface area contributed by atoms with Gasteiger partial charge in [0.25, 0.3) is 0 Å². The Bertz CT molecular complexity index is 962. The van der Waals surface area contributed by atoms with Crippen molar-refractivity contribution in [3.8, 4) is 0 Å². The zero-order valence-corrected chi connectivity index (χ0v) is 17.7. The van der Waals surface area contributed by atoms with Crippen LogP contribution in [0.1, 0.15) is 19.4 Å². The number of benzene rings is 2. The molecule has 0 atom stereocenters. The van der Waals surface area contributed by atoms with Crippen molar-refractivity contribution in [2.75, 3.05) is 36.9 Å². The van der Waals surface area contributed by atoms with Crippen LogP contribution < -0.4 is 15.4 Å². The van der Waals surface area contributed by atoms with Crippen LogP contribution in [-0.2, 0) is 21.4 Å². The molecule has 0 aromatic heterocycles. The second kappa shape index (κ2) is 9.82. The van der Waals surface area contributed by atoms with Gasteiger partial charge in [0.15, 0.2) is 0 Å². The number of carbonyl (C=O) groups is 1. The first-order valence-electron chi connectivity index (χ1n) is 9.29. The number of nitrogens with two attached hydrogens (primary N) is 1. The molecule has 0 bridgehead atoms. The minimum absolute atomic E-state index is 0.00558. The lowest BCUT2D eigenvalue weighted by Gasteiger charge is -2.25. The molecule has 0 unspecified atom stereocenters. The molecule has 2 rings (SSSR count). The van der Waals surface area contributed by atoms with Gasteiger partial charge in [0.05, 0.1) is 22.8 Å². The van der Waals surface area contributed by atoms with E-state index < -0.39 is 10.0 Å². The molecule has 0 radical (unpaired) electrons. The Hall–Kier alpha value is -2.49. The number of hydrogen-bond acceptors (Lipinski definition) is 5. The maximum atomic E-state index is 13.8. The molecular formula is C20H27FN4O3S. The van der Waals surface area contributed by atoms with Crippen LogP contribution in [0.15, 0.2) is 47.4 Å². The molecule has 3 N–H and O–H groups in total. The predicted molar refractivity (Wildman–Crippen MR) is 113 cm³/mol. The maximum Gasteiger partial charge on any atom is 0.238 e. The number of hydrogen-bond donors (Lipinski definition) is 2.